The minimum absolute atomic E-state index is 0.0492. The molecule has 0 aliphatic carbocycles. The summed E-state index contributed by atoms with van der Waals surface area (Å²) in [5, 5.41) is 3.06. The molecule has 1 atom stereocenters. The Morgan fingerprint density at radius 1 is 1.28 bits per heavy atom. The number of carbonyl (C=O) groups is 1. The molecule has 0 radical (unpaired) electrons. The fraction of sp³-hybridized carbons (Fsp3) is 0.450. The molecule has 2 heterocycles. The van der Waals surface area contributed by atoms with Crippen molar-refractivity contribution in [3.63, 3.8) is 0 Å². The average molecular weight is 341 g/mol. The smallest absolute Gasteiger partial charge is 0.253 e. The summed E-state index contributed by atoms with van der Waals surface area (Å²) < 4.78 is 5.42. The molecule has 5 nitrogen and oxygen atoms in total. The Balaban J connectivity index is 1.64. The number of para-hydroxylation sites is 1. The molecule has 1 unspecified atom stereocenters. The van der Waals surface area contributed by atoms with Crippen molar-refractivity contribution in [1.29, 1.82) is 0 Å². The molecule has 1 aliphatic heterocycles. The van der Waals surface area contributed by atoms with Gasteiger partial charge in [-0.3, -0.25) is 9.69 Å². The lowest BCUT2D eigenvalue weighted by molar-refractivity contribution is 0.0939. The van der Waals surface area contributed by atoms with E-state index in [1.54, 1.807) is 13.3 Å². The predicted octanol–water partition coefficient (Wildman–Crippen LogP) is 3.29. The van der Waals surface area contributed by atoms with Crippen LogP contribution >= 0.6 is 0 Å². The van der Waals surface area contributed by atoms with Crippen LogP contribution in [0, 0.1) is 0 Å². The van der Waals surface area contributed by atoms with Crippen molar-refractivity contribution in [2.24, 2.45) is 0 Å². The average Bonchev–Trinajstić information content (AvgIpc) is 3.13. The predicted molar refractivity (Wildman–Crippen MR) is 100.0 cm³/mol. The lowest BCUT2D eigenvalue weighted by atomic mass is 10.0. The Hall–Kier alpha value is -2.27. The van der Waals surface area contributed by atoms with Crippen molar-refractivity contribution in [1.82, 2.24) is 15.2 Å². The van der Waals surface area contributed by atoms with Crippen molar-refractivity contribution in [3.05, 3.63) is 42.2 Å². The molecule has 0 spiro atoms. The second kappa shape index (κ2) is 8.21. The zero-order valence-electron chi connectivity index (χ0n) is 15.0. The van der Waals surface area contributed by atoms with E-state index in [0.29, 0.717) is 18.2 Å². The largest absolute Gasteiger partial charge is 0.496 e. The molecule has 0 saturated carbocycles. The molecule has 1 aromatic carbocycles. The quantitative estimate of drug-likeness (QED) is 0.848. The Morgan fingerprint density at radius 3 is 2.92 bits per heavy atom. The van der Waals surface area contributed by atoms with Crippen LogP contribution in [0.1, 0.15) is 36.5 Å². The molecular formula is C20H27N3O2. The van der Waals surface area contributed by atoms with Gasteiger partial charge >= 0.3 is 0 Å². The summed E-state index contributed by atoms with van der Waals surface area (Å²) in [6, 6.07) is 8.36. The second-order valence-electron chi connectivity index (χ2n) is 6.62. The van der Waals surface area contributed by atoms with Gasteiger partial charge in [-0.25, -0.2) is 0 Å². The molecule has 1 aromatic heterocycles. The molecule has 2 aromatic rings. The van der Waals surface area contributed by atoms with Gasteiger partial charge in [0.15, 0.2) is 0 Å². The van der Waals surface area contributed by atoms with Gasteiger partial charge in [-0.1, -0.05) is 24.6 Å². The highest BCUT2D eigenvalue weighted by atomic mass is 16.5. The number of hydrogen-bond donors (Lipinski definition) is 2. The summed E-state index contributed by atoms with van der Waals surface area (Å²) in [6.07, 6.45) is 7.42. The third-order valence-electron chi connectivity index (χ3n) is 5.01. The summed E-state index contributed by atoms with van der Waals surface area (Å²) in [7, 11) is 1.64. The number of ether oxygens (including phenoxy) is 1. The molecular weight excluding hydrogens is 314 g/mol. The maximum Gasteiger partial charge on any atom is 0.253 e. The van der Waals surface area contributed by atoms with Crippen LogP contribution in [0.25, 0.3) is 11.1 Å². The highest BCUT2D eigenvalue weighted by Gasteiger charge is 2.19. The molecule has 1 aliphatic rings. The van der Waals surface area contributed by atoms with Gasteiger partial charge in [0.2, 0.25) is 0 Å². The van der Waals surface area contributed by atoms with Gasteiger partial charge in [-0.05, 0) is 32.4 Å². The number of H-pyrrole nitrogens is 1. The Labute approximate surface area is 149 Å². The van der Waals surface area contributed by atoms with E-state index in [1.165, 1.54) is 19.3 Å². The summed E-state index contributed by atoms with van der Waals surface area (Å²) >= 11 is 0. The number of likely N-dealkylation sites (tertiary alicyclic amines) is 1. The topological polar surface area (TPSA) is 57.4 Å². The first-order valence-corrected chi connectivity index (χ1v) is 9.03. The molecule has 1 fully saturated rings. The van der Waals surface area contributed by atoms with Crippen LogP contribution in [0.4, 0.5) is 0 Å². The zero-order chi connectivity index (χ0) is 17.6. The van der Waals surface area contributed by atoms with Gasteiger partial charge in [-0.2, -0.15) is 0 Å². The fourth-order valence-electron chi connectivity index (χ4n) is 3.54. The highest BCUT2D eigenvalue weighted by molar-refractivity contribution is 6.01. The van der Waals surface area contributed by atoms with E-state index in [1.807, 2.05) is 30.5 Å². The SMILES string of the molecule is COc1ccccc1-c1c[nH]cc1C(=O)NCCN1CCCCC1C. The number of piperidine rings is 1. The standard InChI is InChI=1S/C20H27N3O2/c1-15-7-5-6-11-23(15)12-10-22-20(24)18-14-21-13-17(18)16-8-3-4-9-19(16)25-2/h3-4,8-9,13-15,21H,5-7,10-12H2,1-2H3,(H,22,24). The molecule has 3 rings (SSSR count). The number of nitrogens with one attached hydrogen (secondary N) is 2. The van der Waals surface area contributed by atoms with Gasteiger partial charge in [0.25, 0.3) is 5.91 Å². The second-order valence-corrected chi connectivity index (χ2v) is 6.62. The zero-order valence-corrected chi connectivity index (χ0v) is 15.0. The van der Waals surface area contributed by atoms with Crippen molar-refractivity contribution in [2.45, 2.75) is 32.2 Å². The number of carbonyl (C=O) groups excluding carboxylic acids is 1. The number of nitrogens with zero attached hydrogens (tertiary/aromatic N) is 1. The Morgan fingerprint density at radius 2 is 2.12 bits per heavy atom. The summed E-state index contributed by atoms with van der Waals surface area (Å²) in [6.45, 7) is 4.97. The maximum absolute atomic E-state index is 12.6. The third-order valence-corrected chi connectivity index (χ3v) is 5.01. The van der Waals surface area contributed by atoms with Crippen LogP contribution in [-0.4, -0.2) is 48.6 Å². The van der Waals surface area contributed by atoms with E-state index in [9.17, 15) is 4.79 Å². The van der Waals surface area contributed by atoms with Crippen LogP contribution in [-0.2, 0) is 0 Å². The van der Waals surface area contributed by atoms with E-state index >= 15 is 0 Å². The molecule has 2 N–H and O–H groups in total. The van der Waals surface area contributed by atoms with Gasteiger partial charge < -0.3 is 15.0 Å². The van der Waals surface area contributed by atoms with Crippen LogP contribution in [0.15, 0.2) is 36.7 Å². The Bertz CT molecular complexity index is 710. The fourth-order valence-corrected chi connectivity index (χ4v) is 3.54. The van der Waals surface area contributed by atoms with E-state index in [0.717, 1.165) is 30.0 Å². The number of aromatic nitrogens is 1. The normalized spacial score (nSPS) is 18.1. The molecule has 0 bridgehead atoms. The number of hydrogen-bond acceptors (Lipinski definition) is 3. The third kappa shape index (κ3) is 4.04. The first kappa shape index (κ1) is 17.5. The first-order valence-electron chi connectivity index (χ1n) is 9.03. The van der Waals surface area contributed by atoms with E-state index < -0.39 is 0 Å². The van der Waals surface area contributed by atoms with Crippen LogP contribution in [0.5, 0.6) is 5.75 Å². The number of aromatic amines is 1. The highest BCUT2D eigenvalue weighted by Crippen LogP contribution is 2.31. The van der Waals surface area contributed by atoms with Crippen molar-refractivity contribution in [3.8, 4) is 16.9 Å². The van der Waals surface area contributed by atoms with Crippen molar-refractivity contribution >= 4 is 5.91 Å². The lowest BCUT2D eigenvalue weighted by Gasteiger charge is -2.33. The molecule has 1 saturated heterocycles. The first-order chi connectivity index (χ1) is 12.2. The summed E-state index contributed by atoms with van der Waals surface area (Å²) in [4.78, 5) is 18.1. The van der Waals surface area contributed by atoms with Crippen LogP contribution < -0.4 is 10.1 Å². The van der Waals surface area contributed by atoms with E-state index in [2.05, 4.69) is 22.1 Å². The summed E-state index contributed by atoms with van der Waals surface area (Å²) in [5.74, 6) is 0.713. The van der Waals surface area contributed by atoms with E-state index in [-0.39, 0.29) is 5.91 Å². The van der Waals surface area contributed by atoms with Crippen LogP contribution in [0.3, 0.4) is 0 Å². The number of amides is 1. The number of methoxy groups -OCH3 is 1. The van der Waals surface area contributed by atoms with Gasteiger partial charge in [0.05, 0.1) is 12.7 Å². The minimum atomic E-state index is -0.0492. The molecule has 5 heteroatoms. The number of benzene rings is 1. The monoisotopic (exact) mass is 341 g/mol. The van der Waals surface area contributed by atoms with Crippen molar-refractivity contribution in [2.75, 3.05) is 26.7 Å². The van der Waals surface area contributed by atoms with Gasteiger partial charge in [-0.15, -0.1) is 0 Å². The summed E-state index contributed by atoms with van der Waals surface area (Å²) in [5.41, 5.74) is 2.43. The van der Waals surface area contributed by atoms with Crippen molar-refractivity contribution < 1.29 is 9.53 Å². The minimum Gasteiger partial charge on any atom is -0.496 e. The van der Waals surface area contributed by atoms with Gasteiger partial charge in [0.1, 0.15) is 5.75 Å². The molecule has 25 heavy (non-hydrogen) atoms. The van der Waals surface area contributed by atoms with E-state index in [4.69, 9.17) is 4.74 Å². The maximum atomic E-state index is 12.6. The number of rotatable bonds is 6. The van der Waals surface area contributed by atoms with Gasteiger partial charge in [0, 0.05) is 42.7 Å². The molecule has 134 valence electrons. The molecule has 1 amide bonds. The lowest BCUT2D eigenvalue weighted by Crippen LogP contribution is -2.42. The Kier molecular flexibility index (Phi) is 5.76. The van der Waals surface area contributed by atoms with Crippen LogP contribution in [0.2, 0.25) is 0 Å².